The van der Waals surface area contributed by atoms with Crippen molar-refractivity contribution in [2.75, 3.05) is 6.54 Å². The maximum atomic E-state index is 12.0. The molecule has 2 heterocycles. The van der Waals surface area contributed by atoms with Gasteiger partial charge in [0, 0.05) is 18.9 Å². The highest BCUT2D eigenvalue weighted by molar-refractivity contribution is 7.12. The van der Waals surface area contributed by atoms with Crippen LogP contribution in [-0.4, -0.2) is 17.0 Å². The average Bonchev–Trinajstić information content (AvgIpc) is 2.94. The molecule has 0 bridgehead atoms. The van der Waals surface area contributed by atoms with Crippen molar-refractivity contribution in [1.82, 2.24) is 9.88 Å². The van der Waals surface area contributed by atoms with Gasteiger partial charge in [-0.05, 0) is 29.5 Å². The summed E-state index contributed by atoms with van der Waals surface area (Å²) in [6, 6.07) is 5.87. The van der Waals surface area contributed by atoms with Gasteiger partial charge in [-0.2, -0.15) is 0 Å². The van der Waals surface area contributed by atoms with Gasteiger partial charge in [-0.25, -0.2) is 0 Å². The van der Waals surface area contributed by atoms with E-state index >= 15 is 0 Å². The minimum absolute atomic E-state index is 0.0115. The van der Waals surface area contributed by atoms with Crippen molar-refractivity contribution in [2.45, 2.75) is 13.8 Å². The summed E-state index contributed by atoms with van der Waals surface area (Å²) in [5.74, 6) is 0.478. The number of carbonyl (C=O) groups excluding carboxylic acids is 1. The van der Waals surface area contributed by atoms with E-state index in [1.54, 1.807) is 0 Å². The molecule has 0 saturated carbocycles. The van der Waals surface area contributed by atoms with Gasteiger partial charge in [-0.15, -0.1) is 11.3 Å². The van der Waals surface area contributed by atoms with Crippen molar-refractivity contribution in [3.8, 4) is 5.69 Å². The van der Waals surface area contributed by atoms with Crippen LogP contribution in [0.4, 0.5) is 0 Å². The van der Waals surface area contributed by atoms with Gasteiger partial charge >= 0.3 is 0 Å². The predicted molar refractivity (Wildman–Crippen MR) is 70.8 cm³/mol. The normalized spacial score (nSPS) is 10.8. The fourth-order valence-corrected chi connectivity index (χ4v) is 2.35. The number of nitrogens with zero attached hydrogens (tertiary/aromatic N) is 1. The molecular formula is C13H16N2OS. The third kappa shape index (κ3) is 2.77. The third-order valence-corrected chi connectivity index (χ3v) is 3.31. The van der Waals surface area contributed by atoms with E-state index < -0.39 is 0 Å². The summed E-state index contributed by atoms with van der Waals surface area (Å²) in [4.78, 5) is 12.8. The third-order valence-electron chi connectivity index (χ3n) is 2.40. The molecule has 1 amide bonds. The van der Waals surface area contributed by atoms with Crippen molar-refractivity contribution in [3.63, 3.8) is 0 Å². The lowest BCUT2D eigenvalue weighted by molar-refractivity contribution is 0.0953. The molecule has 0 aliphatic heterocycles. The Kier molecular flexibility index (Phi) is 3.64. The molecule has 0 aliphatic carbocycles. The molecule has 2 aromatic heterocycles. The maximum Gasteiger partial charge on any atom is 0.263 e. The summed E-state index contributed by atoms with van der Waals surface area (Å²) < 4.78 is 1.96. The monoisotopic (exact) mass is 248 g/mol. The summed E-state index contributed by atoms with van der Waals surface area (Å²) in [6.45, 7) is 4.88. The van der Waals surface area contributed by atoms with Crippen molar-refractivity contribution in [2.24, 2.45) is 5.92 Å². The van der Waals surface area contributed by atoms with E-state index in [0.29, 0.717) is 12.5 Å². The SMILES string of the molecule is CC(C)CNC(=O)c1sccc1-n1cccc1. The summed E-state index contributed by atoms with van der Waals surface area (Å²) in [6.07, 6.45) is 3.89. The van der Waals surface area contributed by atoms with E-state index in [1.807, 2.05) is 40.5 Å². The van der Waals surface area contributed by atoms with Gasteiger partial charge in [-0.1, -0.05) is 13.8 Å². The van der Waals surface area contributed by atoms with Gasteiger partial charge in [0.2, 0.25) is 0 Å². The molecule has 0 spiro atoms. The molecule has 3 nitrogen and oxygen atoms in total. The molecule has 0 atom stereocenters. The van der Waals surface area contributed by atoms with Gasteiger partial charge < -0.3 is 9.88 Å². The lowest BCUT2D eigenvalue weighted by Gasteiger charge is -2.08. The second-order valence-electron chi connectivity index (χ2n) is 4.33. The second kappa shape index (κ2) is 5.19. The van der Waals surface area contributed by atoms with E-state index in [4.69, 9.17) is 0 Å². The van der Waals surface area contributed by atoms with Gasteiger partial charge in [0.25, 0.3) is 5.91 Å². The van der Waals surface area contributed by atoms with Crippen LogP contribution in [0.15, 0.2) is 36.0 Å². The van der Waals surface area contributed by atoms with Gasteiger partial charge in [-0.3, -0.25) is 4.79 Å². The minimum atomic E-state index is 0.0115. The number of hydrogen-bond acceptors (Lipinski definition) is 2. The summed E-state index contributed by atoms with van der Waals surface area (Å²) in [7, 11) is 0. The molecular weight excluding hydrogens is 232 g/mol. The first-order chi connectivity index (χ1) is 8.18. The van der Waals surface area contributed by atoms with Crippen molar-refractivity contribution >= 4 is 17.2 Å². The topological polar surface area (TPSA) is 34.0 Å². The van der Waals surface area contributed by atoms with Crippen molar-refractivity contribution in [1.29, 1.82) is 0 Å². The minimum Gasteiger partial charge on any atom is -0.351 e. The van der Waals surface area contributed by atoms with Crippen LogP contribution in [0.25, 0.3) is 5.69 Å². The molecule has 0 radical (unpaired) electrons. The van der Waals surface area contributed by atoms with Crippen LogP contribution in [0.5, 0.6) is 0 Å². The number of rotatable bonds is 4. The number of aromatic nitrogens is 1. The molecule has 0 aliphatic rings. The van der Waals surface area contributed by atoms with Crippen LogP contribution in [0.2, 0.25) is 0 Å². The Morgan fingerprint density at radius 1 is 1.41 bits per heavy atom. The molecule has 4 heteroatoms. The molecule has 2 aromatic rings. The fraction of sp³-hybridized carbons (Fsp3) is 0.308. The van der Waals surface area contributed by atoms with Crippen LogP contribution >= 0.6 is 11.3 Å². The molecule has 0 saturated heterocycles. The van der Waals surface area contributed by atoms with Gasteiger partial charge in [0.05, 0.1) is 5.69 Å². The summed E-state index contributed by atoms with van der Waals surface area (Å²) >= 11 is 1.47. The van der Waals surface area contributed by atoms with E-state index in [1.165, 1.54) is 11.3 Å². The van der Waals surface area contributed by atoms with Crippen LogP contribution < -0.4 is 5.32 Å². The smallest absolute Gasteiger partial charge is 0.263 e. The zero-order valence-corrected chi connectivity index (χ0v) is 10.8. The van der Waals surface area contributed by atoms with E-state index in [9.17, 15) is 4.79 Å². The number of thiophene rings is 1. The van der Waals surface area contributed by atoms with Crippen molar-refractivity contribution < 1.29 is 4.79 Å². The molecule has 0 unspecified atom stereocenters. The Bertz CT molecular complexity index is 485. The molecule has 1 N–H and O–H groups in total. The predicted octanol–water partition coefficient (Wildman–Crippen LogP) is 2.92. The Morgan fingerprint density at radius 2 is 2.12 bits per heavy atom. The maximum absolute atomic E-state index is 12.0. The highest BCUT2D eigenvalue weighted by atomic mass is 32.1. The van der Waals surface area contributed by atoms with Gasteiger partial charge in [0.1, 0.15) is 4.88 Å². The number of carbonyl (C=O) groups is 1. The number of hydrogen-bond donors (Lipinski definition) is 1. The summed E-state index contributed by atoms with van der Waals surface area (Å²) in [5.41, 5.74) is 0.946. The largest absolute Gasteiger partial charge is 0.351 e. The van der Waals surface area contributed by atoms with Crippen LogP contribution in [0, 0.1) is 5.92 Å². The lowest BCUT2D eigenvalue weighted by Crippen LogP contribution is -2.27. The molecule has 17 heavy (non-hydrogen) atoms. The van der Waals surface area contributed by atoms with Crippen molar-refractivity contribution in [3.05, 3.63) is 40.8 Å². The zero-order valence-electron chi connectivity index (χ0n) is 10.0. The second-order valence-corrected chi connectivity index (χ2v) is 5.25. The molecule has 0 aromatic carbocycles. The summed E-state index contributed by atoms with van der Waals surface area (Å²) in [5, 5.41) is 4.89. The fourth-order valence-electron chi connectivity index (χ4n) is 1.55. The van der Waals surface area contributed by atoms with E-state index in [2.05, 4.69) is 19.2 Å². The van der Waals surface area contributed by atoms with Gasteiger partial charge in [0.15, 0.2) is 0 Å². The molecule has 90 valence electrons. The van der Waals surface area contributed by atoms with E-state index in [-0.39, 0.29) is 5.91 Å². The van der Waals surface area contributed by atoms with E-state index in [0.717, 1.165) is 10.6 Å². The van der Waals surface area contributed by atoms with Crippen LogP contribution in [-0.2, 0) is 0 Å². The number of amides is 1. The average molecular weight is 248 g/mol. The Morgan fingerprint density at radius 3 is 2.76 bits per heavy atom. The first-order valence-electron chi connectivity index (χ1n) is 5.67. The first kappa shape index (κ1) is 11.9. The zero-order chi connectivity index (χ0) is 12.3. The molecule has 2 rings (SSSR count). The standard InChI is InChI=1S/C13H16N2OS/c1-10(2)9-14-13(16)12-11(5-8-17-12)15-6-3-4-7-15/h3-8,10H,9H2,1-2H3,(H,14,16). The molecule has 0 fully saturated rings. The Labute approximate surface area is 105 Å². The highest BCUT2D eigenvalue weighted by Gasteiger charge is 2.13. The number of nitrogens with one attached hydrogen (secondary N) is 1. The van der Waals surface area contributed by atoms with Crippen LogP contribution in [0.3, 0.4) is 0 Å². The Hall–Kier alpha value is -1.55. The first-order valence-corrected chi connectivity index (χ1v) is 6.55. The quantitative estimate of drug-likeness (QED) is 0.887. The lowest BCUT2D eigenvalue weighted by atomic mass is 10.2. The Balaban J connectivity index is 2.17. The highest BCUT2D eigenvalue weighted by Crippen LogP contribution is 2.21. The van der Waals surface area contributed by atoms with Crippen LogP contribution in [0.1, 0.15) is 23.5 Å².